The van der Waals surface area contributed by atoms with E-state index in [1.807, 2.05) is 12.1 Å². The van der Waals surface area contributed by atoms with Gasteiger partial charge in [0.25, 0.3) is 0 Å². The zero-order chi connectivity index (χ0) is 12.5. The summed E-state index contributed by atoms with van der Waals surface area (Å²) in [5.41, 5.74) is 2.59. The smallest absolute Gasteiger partial charge is 0.0825 e. The fourth-order valence-electron chi connectivity index (χ4n) is 3.24. The van der Waals surface area contributed by atoms with Crippen LogP contribution in [0.5, 0.6) is 0 Å². The largest absolute Gasteiger partial charge is 0.388 e. The zero-order valence-corrected chi connectivity index (χ0v) is 11.2. The molecule has 2 unspecified atom stereocenters. The molecular weight excluding hydrogens is 208 g/mol. The standard InChI is InChI=1S/C16H24O/c1-12-8-4-5-9-13(12)15(17)14-10-6-7-11-16(14,2)3/h4-5,8-9,14-15,17H,6-7,10-11H2,1-3H3. The van der Waals surface area contributed by atoms with Crippen molar-refractivity contribution in [3.63, 3.8) is 0 Å². The first-order chi connectivity index (χ1) is 8.02. The third kappa shape index (κ3) is 2.55. The number of aliphatic hydroxyl groups excluding tert-OH is 1. The van der Waals surface area contributed by atoms with Crippen molar-refractivity contribution in [3.8, 4) is 0 Å². The number of rotatable bonds is 2. The first-order valence-electron chi connectivity index (χ1n) is 6.76. The van der Waals surface area contributed by atoms with Gasteiger partial charge in [-0.1, -0.05) is 51.0 Å². The maximum Gasteiger partial charge on any atom is 0.0825 e. The van der Waals surface area contributed by atoms with E-state index in [9.17, 15) is 5.11 Å². The fraction of sp³-hybridized carbons (Fsp3) is 0.625. The molecule has 0 saturated heterocycles. The van der Waals surface area contributed by atoms with Crippen LogP contribution in [0.15, 0.2) is 24.3 Å². The van der Waals surface area contributed by atoms with E-state index >= 15 is 0 Å². The van der Waals surface area contributed by atoms with Gasteiger partial charge in [-0.25, -0.2) is 0 Å². The Morgan fingerprint density at radius 1 is 1.24 bits per heavy atom. The van der Waals surface area contributed by atoms with Crippen molar-refractivity contribution in [2.75, 3.05) is 0 Å². The predicted molar refractivity (Wildman–Crippen MR) is 71.9 cm³/mol. The summed E-state index contributed by atoms with van der Waals surface area (Å²) in [6.45, 7) is 6.70. The van der Waals surface area contributed by atoms with Crippen LogP contribution < -0.4 is 0 Å². The highest BCUT2D eigenvalue weighted by atomic mass is 16.3. The molecular formula is C16H24O. The average molecular weight is 232 g/mol. The van der Waals surface area contributed by atoms with Gasteiger partial charge in [0.1, 0.15) is 0 Å². The van der Waals surface area contributed by atoms with Crippen molar-refractivity contribution in [1.29, 1.82) is 0 Å². The monoisotopic (exact) mass is 232 g/mol. The normalized spacial score (nSPS) is 25.5. The summed E-state index contributed by atoms with van der Waals surface area (Å²) < 4.78 is 0. The van der Waals surface area contributed by atoms with Crippen molar-refractivity contribution < 1.29 is 5.11 Å². The molecule has 1 nitrogen and oxygen atoms in total. The van der Waals surface area contributed by atoms with E-state index in [0.29, 0.717) is 5.92 Å². The van der Waals surface area contributed by atoms with Crippen molar-refractivity contribution in [2.24, 2.45) is 11.3 Å². The van der Waals surface area contributed by atoms with E-state index in [4.69, 9.17) is 0 Å². The second-order valence-corrected chi connectivity index (χ2v) is 6.14. The van der Waals surface area contributed by atoms with Gasteiger partial charge in [0.2, 0.25) is 0 Å². The number of aliphatic hydroxyl groups is 1. The van der Waals surface area contributed by atoms with Gasteiger partial charge >= 0.3 is 0 Å². The molecule has 1 fully saturated rings. The van der Waals surface area contributed by atoms with E-state index in [1.54, 1.807) is 0 Å². The Hall–Kier alpha value is -0.820. The number of benzene rings is 1. The molecule has 0 radical (unpaired) electrons. The lowest BCUT2D eigenvalue weighted by molar-refractivity contribution is 0.00353. The summed E-state index contributed by atoms with van der Waals surface area (Å²) in [6, 6.07) is 8.23. The van der Waals surface area contributed by atoms with Gasteiger partial charge in [-0.15, -0.1) is 0 Å². The minimum atomic E-state index is -0.300. The molecule has 94 valence electrons. The molecule has 17 heavy (non-hydrogen) atoms. The summed E-state index contributed by atoms with van der Waals surface area (Å²) >= 11 is 0. The maximum absolute atomic E-state index is 10.7. The van der Waals surface area contributed by atoms with E-state index in [1.165, 1.54) is 24.8 Å². The molecule has 1 aromatic rings. The fourth-order valence-corrected chi connectivity index (χ4v) is 3.24. The Morgan fingerprint density at radius 3 is 2.59 bits per heavy atom. The van der Waals surface area contributed by atoms with Crippen LogP contribution in [0.1, 0.15) is 56.8 Å². The maximum atomic E-state index is 10.7. The lowest BCUT2D eigenvalue weighted by Gasteiger charge is -2.41. The van der Waals surface area contributed by atoms with Gasteiger partial charge in [0.05, 0.1) is 6.10 Å². The molecule has 1 N–H and O–H groups in total. The van der Waals surface area contributed by atoms with E-state index in [-0.39, 0.29) is 11.5 Å². The van der Waals surface area contributed by atoms with Gasteiger partial charge in [0.15, 0.2) is 0 Å². The molecule has 1 aromatic carbocycles. The molecule has 1 aliphatic carbocycles. The van der Waals surface area contributed by atoms with Crippen LogP contribution in [-0.4, -0.2) is 5.11 Å². The summed E-state index contributed by atoms with van der Waals surface area (Å²) in [5, 5.41) is 10.7. The van der Waals surface area contributed by atoms with Crippen LogP contribution in [0.25, 0.3) is 0 Å². The van der Waals surface area contributed by atoms with Gasteiger partial charge < -0.3 is 5.11 Å². The molecule has 0 spiro atoms. The Labute approximate surface area is 105 Å². The van der Waals surface area contributed by atoms with Crippen molar-refractivity contribution >= 4 is 0 Å². The predicted octanol–water partition coefficient (Wildman–Crippen LogP) is 4.24. The van der Waals surface area contributed by atoms with Gasteiger partial charge in [-0.2, -0.15) is 0 Å². The highest BCUT2D eigenvalue weighted by molar-refractivity contribution is 5.28. The lowest BCUT2D eigenvalue weighted by atomic mass is 9.65. The van der Waals surface area contributed by atoms with Gasteiger partial charge in [-0.05, 0) is 42.2 Å². The quantitative estimate of drug-likeness (QED) is 0.808. The molecule has 1 saturated carbocycles. The second-order valence-electron chi connectivity index (χ2n) is 6.14. The molecule has 0 aliphatic heterocycles. The number of hydrogen-bond donors (Lipinski definition) is 1. The first kappa shape index (κ1) is 12.6. The summed E-state index contributed by atoms with van der Waals surface area (Å²) in [4.78, 5) is 0. The molecule has 2 rings (SSSR count). The summed E-state index contributed by atoms with van der Waals surface area (Å²) in [5.74, 6) is 0.400. The topological polar surface area (TPSA) is 20.2 Å². The Bertz CT molecular complexity index is 381. The average Bonchev–Trinajstić information content (AvgIpc) is 2.28. The van der Waals surface area contributed by atoms with Gasteiger partial charge in [-0.3, -0.25) is 0 Å². The SMILES string of the molecule is Cc1ccccc1C(O)C1CCCCC1(C)C. The third-order valence-electron chi connectivity index (χ3n) is 4.48. The van der Waals surface area contributed by atoms with E-state index in [2.05, 4.69) is 32.9 Å². The Balaban J connectivity index is 2.25. The van der Waals surface area contributed by atoms with E-state index in [0.717, 1.165) is 12.0 Å². The van der Waals surface area contributed by atoms with Crippen LogP contribution in [0.4, 0.5) is 0 Å². The van der Waals surface area contributed by atoms with Crippen LogP contribution in [0.3, 0.4) is 0 Å². The van der Waals surface area contributed by atoms with Crippen molar-refractivity contribution in [2.45, 2.75) is 52.6 Å². The minimum Gasteiger partial charge on any atom is -0.388 e. The first-order valence-corrected chi connectivity index (χ1v) is 6.76. The molecule has 1 aliphatic rings. The molecule has 0 bridgehead atoms. The summed E-state index contributed by atoms with van der Waals surface area (Å²) in [7, 11) is 0. The summed E-state index contributed by atoms with van der Waals surface area (Å²) in [6.07, 6.45) is 4.66. The molecule has 0 heterocycles. The van der Waals surface area contributed by atoms with Crippen molar-refractivity contribution in [1.82, 2.24) is 0 Å². The number of hydrogen-bond acceptors (Lipinski definition) is 1. The van der Waals surface area contributed by atoms with Crippen LogP contribution >= 0.6 is 0 Å². The van der Waals surface area contributed by atoms with Gasteiger partial charge in [0, 0.05) is 0 Å². The zero-order valence-electron chi connectivity index (χ0n) is 11.2. The van der Waals surface area contributed by atoms with Crippen LogP contribution in [0.2, 0.25) is 0 Å². The third-order valence-corrected chi connectivity index (χ3v) is 4.48. The molecule has 0 amide bonds. The molecule has 2 atom stereocenters. The Kier molecular flexibility index (Phi) is 3.58. The molecule has 1 heteroatoms. The number of aryl methyl sites for hydroxylation is 1. The minimum absolute atomic E-state index is 0.264. The van der Waals surface area contributed by atoms with Crippen LogP contribution in [0, 0.1) is 18.3 Å². The van der Waals surface area contributed by atoms with Crippen molar-refractivity contribution in [3.05, 3.63) is 35.4 Å². The highest BCUT2D eigenvalue weighted by Gasteiger charge is 2.37. The van der Waals surface area contributed by atoms with Crippen LogP contribution in [-0.2, 0) is 0 Å². The lowest BCUT2D eigenvalue weighted by Crippen LogP contribution is -2.32. The molecule has 0 aromatic heterocycles. The highest BCUT2D eigenvalue weighted by Crippen LogP contribution is 2.47. The Morgan fingerprint density at radius 2 is 1.94 bits per heavy atom. The van der Waals surface area contributed by atoms with E-state index < -0.39 is 0 Å². The second kappa shape index (κ2) is 4.81.